The molecule has 84 valence electrons. The van der Waals surface area contributed by atoms with Crippen molar-refractivity contribution >= 4 is 0 Å². The number of nitrogens with one attached hydrogen (secondary N) is 1. The highest BCUT2D eigenvalue weighted by atomic mass is 14.9. The Labute approximate surface area is 89.7 Å². The summed E-state index contributed by atoms with van der Waals surface area (Å²) >= 11 is 0. The smallest absolute Gasteiger partial charge is 0.00923 e. The first-order valence-corrected chi connectivity index (χ1v) is 6.45. The van der Waals surface area contributed by atoms with E-state index in [0.717, 1.165) is 17.9 Å². The van der Waals surface area contributed by atoms with Crippen LogP contribution in [0.1, 0.15) is 58.8 Å². The molecule has 14 heavy (non-hydrogen) atoms. The Bertz CT molecular complexity index is 133. The Morgan fingerprint density at radius 1 is 1.21 bits per heavy atom. The summed E-state index contributed by atoms with van der Waals surface area (Å²) in [6.45, 7) is 4.69. The zero-order valence-electron chi connectivity index (χ0n) is 10.2. The van der Waals surface area contributed by atoms with Crippen LogP contribution >= 0.6 is 0 Å². The molecular formula is C13H27N. The molecule has 1 saturated carbocycles. The van der Waals surface area contributed by atoms with Gasteiger partial charge < -0.3 is 5.32 Å². The molecule has 0 aliphatic heterocycles. The molecule has 0 aromatic rings. The molecule has 0 aromatic heterocycles. The SMILES string of the molecule is CCCCC(NC)C1CCC(C)CC1. The quantitative estimate of drug-likeness (QED) is 0.710. The summed E-state index contributed by atoms with van der Waals surface area (Å²) in [4.78, 5) is 0. The summed E-state index contributed by atoms with van der Waals surface area (Å²) in [7, 11) is 2.14. The second kappa shape index (κ2) is 6.44. The molecule has 1 unspecified atom stereocenters. The van der Waals surface area contributed by atoms with E-state index in [2.05, 4.69) is 26.2 Å². The fraction of sp³-hybridized carbons (Fsp3) is 1.00. The van der Waals surface area contributed by atoms with Crippen molar-refractivity contribution in [2.45, 2.75) is 64.8 Å². The lowest BCUT2D eigenvalue weighted by atomic mass is 9.78. The molecule has 0 amide bonds. The maximum Gasteiger partial charge on any atom is 0.00923 e. The number of hydrogen-bond donors (Lipinski definition) is 1. The van der Waals surface area contributed by atoms with E-state index in [1.807, 2.05) is 0 Å². The van der Waals surface area contributed by atoms with Gasteiger partial charge in [0.15, 0.2) is 0 Å². The summed E-state index contributed by atoms with van der Waals surface area (Å²) < 4.78 is 0. The molecule has 1 rings (SSSR count). The van der Waals surface area contributed by atoms with Crippen LogP contribution in [0.25, 0.3) is 0 Å². The van der Waals surface area contributed by atoms with Gasteiger partial charge in [-0.15, -0.1) is 0 Å². The molecule has 1 nitrogen and oxygen atoms in total. The van der Waals surface area contributed by atoms with Crippen LogP contribution < -0.4 is 5.32 Å². The number of hydrogen-bond acceptors (Lipinski definition) is 1. The molecule has 0 heterocycles. The van der Waals surface area contributed by atoms with Crippen LogP contribution in [-0.2, 0) is 0 Å². The van der Waals surface area contributed by atoms with Crippen LogP contribution in [0.5, 0.6) is 0 Å². The van der Waals surface area contributed by atoms with E-state index in [4.69, 9.17) is 0 Å². The first kappa shape index (κ1) is 12.0. The van der Waals surface area contributed by atoms with Crippen molar-refractivity contribution in [3.8, 4) is 0 Å². The van der Waals surface area contributed by atoms with E-state index in [0.29, 0.717) is 0 Å². The van der Waals surface area contributed by atoms with E-state index in [9.17, 15) is 0 Å². The van der Waals surface area contributed by atoms with Crippen molar-refractivity contribution in [3.05, 3.63) is 0 Å². The van der Waals surface area contributed by atoms with Crippen LogP contribution in [0.2, 0.25) is 0 Å². The van der Waals surface area contributed by atoms with Gasteiger partial charge in [-0.1, -0.05) is 39.5 Å². The molecule has 0 aromatic carbocycles. The maximum atomic E-state index is 3.52. The highest BCUT2D eigenvalue weighted by Crippen LogP contribution is 2.31. The van der Waals surface area contributed by atoms with Gasteiger partial charge >= 0.3 is 0 Å². The van der Waals surface area contributed by atoms with E-state index in [1.54, 1.807) is 0 Å². The van der Waals surface area contributed by atoms with Gasteiger partial charge in [-0.25, -0.2) is 0 Å². The largest absolute Gasteiger partial charge is 0.317 e. The van der Waals surface area contributed by atoms with Gasteiger partial charge in [-0.3, -0.25) is 0 Å². The second-order valence-electron chi connectivity index (χ2n) is 5.06. The predicted octanol–water partition coefficient (Wildman–Crippen LogP) is 3.59. The minimum Gasteiger partial charge on any atom is -0.317 e. The van der Waals surface area contributed by atoms with Crippen molar-refractivity contribution in [3.63, 3.8) is 0 Å². The molecule has 1 heteroatoms. The van der Waals surface area contributed by atoms with Crippen LogP contribution in [-0.4, -0.2) is 13.1 Å². The van der Waals surface area contributed by atoms with Crippen LogP contribution in [0, 0.1) is 11.8 Å². The molecule has 1 aliphatic rings. The third-order valence-corrected chi connectivity index (χ3v) is 3.87. The highest BCUT2D eigenvalue weighted by molar-refractivity contribution is 4.79. The first-order chi connectivity index (χ1) is 6.77. The zero-order chi connectivity index (χ0) is 10.4. The Kier molecular flexibility index (Phi) is 5.54. The molecule has 0 bridgehead atoms. The molecule has 1 fully saturated rings. The second-order valence-corrected chi connectivity index (χ2v) is 5.06. The van der Waals surface area contributed by atoms with E-state index in [-0.39, 0.29) is 0 Å². The van der Waals surface area contributed by atoms with Gasteiger partial charge in [-0.05, 0) is 38.1 Å². The summed E-state index contributed by atoms with van der Waals surface area (Å²) in [6, 6.07) is 0.794. The standard InChI is InChI=1S/C13H27N/c1-4-5-6-13(14-3)12-9-7-11(2)8-10-12/h11-14H,4-10H2,1-3H3. The summed E-state index contributed by atoms with van der Waals surface area (Å²) in [6.07, 6.45) is 9.92. The lowest BCUT2D eigenvalue weighted by molar-refractivity contribution is 0.227. The average molecular weight is 197 g/mol. The maximum absolute atomic E-state index is 3.52. The van der Waals surface area contributed by atoms with E-state index < -0.39 is 0 Å². The Balaban J connectivity index is 2.29. The van der Waals surface area contributed by atoms with Crippen LogP contribution in [0.3, 0.4) is 0 Å². The molecule has 0 saturated heterocycles. The van der Waals surface area contributed by atoms with Crippen LogP contribution in [0.15, 0.2) is 0 Å². The van der Waals surface area contributed by atoms with Crippen molar-refractivity contribution in [2.24, 2.45) is 11.8 Å². The summed E-state index contributed by atoms with van der Waals surface area (Å²) in [5.41, 5.74) is 0. The Hall–Kier alpha value is -0.0400. The fourth-order valence-electron chi connectivity index (χ4n) is 2.73. The number of unbranched alkanes of at least 4 members (excludes halogenated alkanes) is 1. The Morgan fingerprint density at radius 2 is 1.86 bits per heavy atom. The van der Waals surface area contributed by atoms with Gasteiger partial charge in [-0.2, -0.15) is 0 Å². The van der Waals surface area contributed by atoms with Gasteiger partial charge in [0.1, 0.15) is 0 Å². The number of rotatable bonds is 5. The average Bonchev–Trinajstić information content (AvgIpc) is 2.21. The molecule has 1 aliphatic carbocycles. The third-order valence-electron chi connectivity index (χ3n) is 3.87. The monoisotopic (exact) mass is 197 g/mol. The first-order valence-electron chi connectivity index (χ1n) is 6.45. The third kappa shape index (κ3) is 3.61. The minimum atomic E-state index is 0.794. The van der Waals surface area contributed by atoms with Gasteiger partial charge in [0.2, 0.25) is 0 Å². The minimum absolute atomic E-state index is 0.794. The zero-order valence-corrected chi connectivity index (χ0v) is 10.2. The Morgan fingerprint density at radius 3 is 2.36 bits per heavy atom. The summed E-state index contributed by atoms with van der Waals surface area (Å²) in [5, 5.41) is 3.52. The van der Waals surface area contributed by atoms with Crippen LogP contribution in [0.4, 0.5) is 0 Å². The van der Waals surface area contributed by atoms with Gasteiger partial charge in [0.05, 0.1) is 0 Å². The molecule has 0 radical (unpaired) electrons. The predicted molar refractivity (Wildman–Crippen MR) is 63.5 cm³/mol. The van der Waals surface area contributed by atoms with Gasteiger partial charge in [0, 0.05) is 6.04 Å². The van der Waals surface area contributed by atoms with Crippen molar-refractivity contribution in [2.75, 3.05) is 7.05 Å². The van der Waals surface area contributed by atoms with E-state index >= 15 is 0 Å². The fourth-order valence-corrected chi connectivity index (χ4v) is 2.73. The lowest BCUT2D eigenvalue weighted by Gasteiger charge is -2.32. The lowest BCUT2D eigenvalue weighted by Crippen LogP contribution is -2.35. The van der Waals surface area contributed by atoms with Crippen molar-refractivity contribution in [1.29, 1.82) is 0 Å². The van der Waals surface area contributed by atoms with Crippen molar-refractivity contribution in [1.82, 2.24) is 5.32 Å². The highest BCUT2D eigenvalue weighted by Gasteiger charge is 2.24. The molecule has 1 N–H and O–H groups in total. The molecular weight excluding hydrogens is 170 g/mol. The normalized spacial score (nSPS) is 30.2. The van der Waals surface area contributed by atoms with E-state index in [1.165, 1.54) is 44.9 Å². The topological polar surface area (TPSA) is 12.0 Å². The van der Waals surface area contributed by atoms with Gasteiger partial charge in [0.25, 0.3) is 0 Å². The molecule has 1 atom stereocenters. The molecule has 0 spiro atoms. The van der Waals surface area contributed by atoms with Crippen molar-refractivity contribution < 1.29 is 0 Å². The summed E-state index contributed by atoms with van der Waals surface area (Å²) in [5.74, 6) is 1.94.